The van der Waals surface area contributed by atoms with Crippen molar-refractivity contribution in [3.63, 3.8) is 0 Å². The van der Waals surface area contributed by atoms with Gasteiger partial charge in [-0.15, -0.1) is 24.8 Å². The van der Waals surface area contributed by atoms with Gasteiger partial charge in [-0.05, 0) is 45.1 Å². The molecule has 1 saturated carbocycles. The highest BCUT2D eigenvalue weighted by molar-refractivity contribution is 5.85. The molecule has 2 aliphatic heterocycles. The monoisotopic (exact) mass is 337 g/mol. The third-order valence-corrected chi connectivity index (χ3v) is 5.41. The lowest BCUT2D eigenvalue weighted by atomic mass is 9.98. The average Bonchev–Trinajstić information content (AvgIpc) is 2.97. The van der Waals surface area contributed by atoms with E-state index in [2.05, 4.69) is 16.7 Å². The maximum absolute atomic E-state index is 12.6. The van der Waals surface area contributed by atoms with Crippen molar-refractivity contribution < 1.29 is 4.79 Å². The number of carbonyl (C=O) groups excluding carboxylic acids is 1. The van der Waals surface area contributed by atoms with Crippen LogP contribution in [0, 0.1) is 5.92 Å². The van der Waals surface area contributed by atoms with Crippen molar-refractivity contribution in [2.45, 2.75) is 63.6 Å². The summed E-state index contributed by atoms with van der Waals surface area (Å²) in [5.41, 5.74) is 6.10. The van der Waals surface area contributed by atoms with E-state index in [1.807, 2.05) is 0 Å². The molecule has 0 aromatic heterocycles. The highest BCUT2D eigenvalue weighted by Crippen LogP contribution is 2.30. The lowest BCUT2D eigenvalue weighted by Gasteiger charge is -2.42. The molecule has 2 N–H and O–H groups in total. The second-order valence-electron chi connectivity index (χ2n) is 6.75. The van der Waals surface area contributed by atoms with Crippen LogP contribution in [0.4, 0.5) is 0 Å². The first-order valence-corrected chi connectivity index (χ1v) is 7.94. The van der Waals surface area contributed by atoms with Crippen LogP contribution < -0.4 is 5.73 Å². The van der Waals surface area contributed by atoms with Gasteiger partial charge in [0, 0.05) is 37.6 Å². The first-order chi connectivity index (χ1) is 9.15. The summed E-state index contributed by atoms with van der Waals surface area (Å²) in [7, 11) is 0. The van der Waals surface area contributed by atoms with E-state index in [-0.39, 0.29) is 30.9 Å². The molecular formula is C15H29Cl2N3O. The summed E-state index contributed by atoms with van der Waals surface area (Å²) in [6, 6.07) is 1.25. The number of carbonyl (C=O) groups is 1. The minimum Gasteiger partial charge on any atom is -0.337 e. The van der Waals surface area contributed by atoms with Gasteiger partial charge >= 0.3 is 0 Å². The summed E-state index contributed by atoms with van der Waals surface area (Å²) in [5.74, 6) is 0.780. The molecule has 0 radical (unpaired) electrons. The first kappa shape index (κ1) is 19.0. The maximum atomic E-state index is 12.6. The molecule has 6 heteroatoms. The van der Waals surface area contributed by atoms with E-state index >= 15 is 0 Å². The van der Waals surface area contributed by atoms with E-state index in [0.29, 0.717) is 30.3 Å². The van der Waals surface area contributed by atoms with E-state index in [4.69, 9.17) is 5.73 Å². The minimum atomic E-state index is 0. The van der Waals surface area contributed by atoms with E-state index in [0.717, 1.165) is 25.9 Å². The number of nitrogens with two attached hydrogens (primary N) is 1. The summed E-state index contributed by atoms with van der Waals surface area (Å²) in [4.78, 5) is 17.3. The molecule has 2 unspecified atom stereocenters. The average molecular weight is 338 g/mol. The molecule has 0 aromatic rings. The van der Waals surface area contributed by atoms with Crippen molar-refractivity contribution in [1.82, 2.24) is 9.80 Å². The molecule has 21 heavy (non-hydrogen) atoms. The number of halogens is 2. The van der Waals surface area contributed by atoms with Crippen LogP contribution in [0.15, 0.2) is 0 Å². The Morgan fingerprint density at radius 2 is 1.90 bits per heavy atom. The topological polar surface area (TPSA) is 49.6 Å². The van der Waals surface area contributed by atoms with Gasteiger partial charge < -0.3 is 10.6 Å². The number of rotatable bonds is 2. The van der Waals surface area contributed by atoms with E-state index < -0.39 is 0 Å². The predicted molar refractivity (Wildman–Crippen MR) is 90.2 cm³/mol. The Morgan fingerprint density at radius 3 is 2.57 bits per heavy atom. The predicted octanol–water partition coefficient (Wildman–Crippen LogP) is 2.04. The lowest BCUT2D eigenvalue weighted by molar-refractivity contribution is -0.137. The molecule has 3 aliphatic rings. The zero-order chi connectivity index (χ0) is 13.4. The normalized spacial score (nSPS) is 35.8. The number of nitrogens with zero attached hydrogens (tertiary/aromatic N) is 2. The molecule has 4 atom stereocenters. The van der Waals surface area contributed by atoms with Gasteiger partial charge in [0.15, 0.2) is 0 Å². The molecule has 0 aromatic carbocycles. The number of hydrogen-bond acceptors (Lipinski definition) is 3. The Kier molecular flexibility index (Phi) is 7.25. The molecule has 3 rings (SSSR count). The van der Waals surface area contributed by atoms with Gasteiger partial charge in [-0.1, -0.05) is 6.42 Å². The van der Waals surface area contributed by atoms with Crippen molar-refractivity contribution in [2.24, 2.45) is 11.7 Å². The maximum Gasteiger partial charge on any atom is 0.223 e. The van der Waals surface area contributed by atoms with Gasteiger partial charge in [0.1, 0.15) is 0 Å². The van der Waals surface area contributed by atoms with Crippen LogP contribution in [0.25, 0.3) is 0 Å². The smallest absolute Gasteiger partial charge is 0.223 e. The Labute approximate surface area is 140 Å². The van der Waals surface area contributed by atoms with Crippen molar-refractivity contribution in [3.05, 3.63) is 0 Å². The third kappa shape index (κ3) is 4.04. The van der Waals surface area contributed by atoms with E-state index in [9.17, 15) is 4.79 Å². The SMILES string of the molecule is CC1CN2CCCC2CN1C(=O)C[C@@H]1CCC[C@H]1N.Cl.Cl. The van der Waals surface area contributed by atoms with Crippen molar-refractivity contribution in [3.8, 4) is 0 Å². The van der Waals surface area contributed by atoms with Crippen molar-refractivity contribution in [1.29, 1.82) is 0 Å². The lowest BCUT2D eigenvalue weighted by Crippen LogP contribution is -2.57. The Bertz CT molecular complexity index is 356. The first-order valence-electron chi connectivity index (χ1n) is 7.94. The molecule has 2 saturated heterocycles. The van der Waals surface area contributed by atoms with E-state index in [1.54, 1.807) is 0 Å². The summed E-state index contributed by atoms with van der Waals surface area (Å²) in [6.45, 7) is 5.43. The van der Waals surface area contributed by atoms with Crippen LogP contribution in [0.5, 0.6) is 0 Å². The van der Waals surface area contributed by atoms with Gasteiger partial charge in [0.2, 0.25) is 5.91 Å². The van der Waals surface area contributed by atoms with Crippen molar-refractivity contribution in [2.75, 3.05) is 19.6 Å². The van der Waals surface area contributed by atoms with Crippen LogP contribution in [0.2, 0.25) is 0 Å². The van der Waals surface area contributed by atoms with Crippen LogP contribution >= 0.6 is 24.8 Å². The fourth-order valence-electron chi connectivity index (χ4n) is 4.20. The van der Waals surface area contributed by atoms with E-state index in [1.165, 1.54) is 25.8 Å². The summed E-state index contributed by atoms with van der Waals surface area (Å²) < 4.78 is 0. The second kappa shape index (κ2) is 8.00. The minimum absolute atomic E-state index is 0. The Hall–Kier alpha value is -0.0300. The van der Waals surface area contributed by atoms with Gasteiger partial charge in [0.25, 0.3) is 0 Å². The van der Waals surface area contributed by atoms with Crippen LogP contribution in [-0.2, 0) is 4.79 Å². The van der Waals surface area contributed by atoms with Crippen LogP contribution in [-0.4, -0.2) is 53.5 Å². The molecule has 0 bridgehead atoms. The molecule has 2 heterocycles. The number of hydrogen-bond donors (Lipinski definition) is 1. The van der Waals surface area contributed by atoms with Crippen molar-refractivity contribution >= 4 is 30.7 Å². The van der Waals surface area contributed by atoms with Gasteiger partial charge in [-0.2, -0.15) is 0 Å². The van der Waals surface area contributed by atoms with Crippen LogP contribution in [0.1, 0.15) is 45.4 Å². The number of fused-ring (bicyclic) bond motifs is 1. The Balaban J connectivity index is 0.00000110. The van der Waals surface area contributed by atoms with Crippen LogP contribution in [0.3, 0.4) is 0 Å². The molecule has 0 spiro atoms. The summed E-state index contributed by atoms with van der Waals surface area (Å²) in [5, 5.41) is 0. The zero-order valence-electron chi connectivity index (χ0n) is 12.9. The van der Waals surface area contributed by atoms with Gasteiger partial charge in [-0.3, -0.25) is 9.69 Å². The molecular weight excluding hydrogens is 309 g/mol. The number of piperazine rings is 1. The largest absolute Gasteiger partial charge is 0.337 e. The second-order valence-corrected chi connectivity index (χ2v) is 6.75. The van der Waals surface area contributed by atoms with Gasteiger partial charge in [-0.25, -0.2) is 0 Å². The molecule has 124 valence electrons. The third-order valence-electron chi connectivity index (χ3n) is 5.41. The highest BCUT2D eigenvalue weighted by Gasteiger charge is 2.37. The van der Waals surface area contributed by atoms with Gasteiger partial charge in [0.05, 0.1) is 0 Å². The molecule has 4 nitrogen and oxygen atoms in total. The fraction of sp³-hybridized carbons (Fsp3) is 0.933. The highest BCUT2D eigenvalue weighted by atomic mass is 35.5. The number of amides is 1. The fourth-order valence-corrected chi connectivity index (χ4v) is 4.20. The standard InChI is InChI=1S/C15H27N3O.2ClH/c1-11-9-17-7-3-5-13(17)10-18(11)15(19)8-12-4-2-6-14(12)16;;/h11-14H,2-10,16H2,1H3;2*1H/t11?,12-,13?,14+;;/m0../s1. The molecule has 1 aliphatic carbocycles. The zero-order valence-corrected chi connectivity index (χ0v) is 14.5. The summed E-state index contributed by atoms with van der Waals surface area (Å²) in [6.07, 6.45) is 6.68. The molecule has 3 fully saturated rings. The summed E-state index contributed by atoms with van der Waals surface area (Å²) >= 11 is 0. The Morgan fingerprint density at radius 1 is 1.14 bits per heavy atom. The molecule has 1 amide bonds. The quantitative estimate of drug-likeness (QED) is 0.838.